The number of aryl methyl sites for hydroxylation is 1. The van der Waals surface area contributed by atoms with Gasteiger partial charge in [0.1, 0.15) is 17.0 Å². The highest BCUT2D eigenvalue weighted by molar-refractivity contribution is 6.00. The van der Waals surface area contributed by atoms with E-state index in [4.69, 9.17) is 10.3 Å². The van der Waals surface area contributed by atoms with Gasteiger partial charge < -0.3 is 15.6 Å². The van der Waals surface area contributed by atoms with E-state index in [0.29, 0.717) is 29.5 Å². The van der Waals surface area contributed by atoms with Gasteiger partial charge >= 0.3 is 0 Å². The van der Waals surface area contributed by atoms with Gasteiger partial charge in [-0.3, -0.25) is 4.79 Å². The van der Waals surface area contributed by atoms with Crippen LogP contribution in [0.15, 0.2) is 34.9 Å². The van der Waals surface area contributed by atoms with Gasteiger partial charge in [0.05, 0.1) is 0 Å². The van der Waals surface area contributed by atoms with Crippen molar-refractivity contribution in [1.82, 2.24) is 10.5 Å². The monoisotopic (exact) mass is 285 g/mol. The molecular weight excluding hydrogens is 266 g/mol. The van der Waals surface area contributed by atoms with E-state index in [1.54, 1.807) is 6.92 Å². The van der Waals surface area contributed by atoms with Crippen LogP contribution in [0.5, 0.6) is 0 Å². The molecule has 1 aliphatic rings. The van der Waals surface area contributed by atoms with Crippen molar-refractivity contribution in [2.45, 2.75) is 25.8 Å². The van der Waals surface area contributed by atoms with E-state index in [1.807, 2.05) is 30.3 Å². The number of rotatable bonds is 5. The van der Waals surface area contributed by atoms with Crippen LogP contribution >= 0.6 is 0 Å². The first-order valence-electron chi connectivity index (χ1n) is 7.23. The second-order valence-electron chi connectivity index (χ2n) is 5.48. The van der Waals surface area contributed by atoms with E-state index in [2.05, 4.69) is 10.5 Å². The van der Waals surface area contributed by atoms with Crippen LogP contribution in [0, 0.1) is 12.8 Å². The predicted molar refractivity (Wildman–Crippen MR) is 79.7 cm³/mol. The number of carbonyl (C=O) groups is 1. The molecule has 1 fully saturated rings. The summed E-state index contributed by atoms with van der Waals surface area (Å²) < 4.78 is 5.22. The van der Waals surface area contributed by atoms with Crippen molar-refractivity contribution in [2.75, 3.05) is 6.54 Å². The molecule has 1 aromatic heterocycles. The minimum atomic E-state index is -0.157. The van der Waals surface area contributed by atoms with Crippen LogP contribution in [0.2, 0.25) is 0 Å². The van der Waals surface area contributed by atoms with Gasteiger partial charge in [0.2, 0.25) is 0 Å². The Labute approximate surface area is 123 Å². The molecule has 2 aromatic rings. The van der Waals surface area contributed by atoms with Crippen molar-refractivity contribution in [3.63, 3.8) is 0 Å². The number of hydrogen-bond acceptors (Lipinski definition) is 4. The Kier molecular flexibility index (Phi) is 3.75. The molecule has 0 aliphatic heterocycles. The summed E-state index contributed by atoms with van der Waals surface area (Å²) in [6, 6.07) is 9.61. The predicted octanol–water partition coefficient (Wildman–Crippen LogP) is 2.12. The third kappa shape index (κ3) is 2.83. The molecule has 0 radical (unpaired) electrons. The molecule has 5 heteroatoms. The van der Waals surface area contributed by atoms with Gasteiger partial charge in [-0.05, 0) is 25.7 Å². The molecule has 1 aromatic carbocycles. The first-order chi connectivity index (χ1) is 10.2. The second-order valence-corrected chi connectivity index (χ2v) is 5.48. The Hall–Kier alpha value is -2.14. The van der Waals surface area contributed by atoms with Crippen molar-refractivity contribution in [1.29, 1.82) is 0 Å². The largest absolute Gasteiger partial charge is 0.360 e. The van der Waals surface area contributed by atoms with Crippen LogP contribution in [0.4, 0.5) is 0 Å². The topological polar surface area (TPSA) is 81.2 Å². The van der Waals surface area contributed by atoms with Crippen LogP contribution in [-0.2, 0) is 0 Å². The lowest BCUT2D eigenvalue weighted by atomic mass is 10.0. The van der Waals surface area contributed by atoms with Crippen LogP contribution in [0.1, 0.15) is 29.0 Å². The van der Waals surface area contributed by atoms with E-state index in [0.717, 1.165) is 18.4 Å². The van der Waals surface area contributed by atoms with Crippen molar-refractivity contribution in [3.8, 4) is 11.3 Å². The lowest BCUT2D eigenvalue weighted by molar-refractivity contribution is 0.0932. The maximum atomic E-state index is 12.6. The molecule has 5 nitrogen and oxygen atoms in total. The van der Waals surface area contributed by atoms with E-state index in [9.17, 15) is 4.79 Å². The molecule has 1 aliphatic carbocycles. The average molecular weight is 285 g/mol. The van der Waals surface area contributed by atoms with Gasteiger partial charge in [-0.1, -0.05) is 35.5 Å². The zero-order valence-electron chi connectivity index (χ0n) is 12.0. The molecule has 0 saturated heterocycles. The highest BCUT2D eigenvalue weighted by Gasteiger charge is 2.32. The van der Waals surface area contributed by atoms with E-state index >= 15 is 0 Å². The number of amides is 1. The van der Waals surface area contributed by atoms with Crippen LogP contribution in [-0.4, -0.2) is 23.7 Å². The molecule has 21 heavy (non-hydrogen) atoms. The van der Waals surface area contributed by atoms with Crippen molar-refractivity contribution >= 4 is 5.91 Å². The van der Waals surface area contributed by atoms with Crippen LogP contribution in [0.3, 0.4) is 0 Å². The van der Waals surface area contributed by atoms with Crippen molar-refractivity contribution < 1.29 is 9.32 Å². The van der Waals surface area contributed by atoms with Gasteiger partial charge in [-0.2, -0.15) is 0 Å². The standard InChI is InChI=1S/C16H19N3O2/c1-10-14(16(20)18-13(9-17)11-7-8-11)15(19-21-10)12-5-3-2-4-6-12/h2-6,11,13H,7-9,17H2,1H3,(H,18,20). The summed E-state index contributed by atoms with van der Waals surface area (Å²) in [5.74, 6) is 0.882. The fraction of sp³-hybridized carbons (Fsp3) is 0.375. The highest BCUT2D eigenvalue weighted by Crippen LogP contribution is 2.33. The molecule has 0 bridgehead atoms. The lowest BCUT2D eigenvalue weighted by Gasteiger charge is -2.15. The number of aromatic nitrogens is 1. The van der Waals surface area contributed by atoms with Crippen LogP contribution < -0.4 is 11.1 Å². The Morgan fingerprint density at radius 3 is 2.76 bits per heavy atom. The fourth-order valence-electron chi connectivity index (χ4n) is 2.54. The maximum Gasteiger partial charge on any atom is 0.257 e. The molecule has 1 heterocycles. The van der Waals surface area contributed by atoms with Gasteiger partial charge in [-0.15, -0.1) is 0 Å². The Balaban J connectivity index is 1.87. The third-order valence-corrected chi connectivity index (χ3v) is 3.90. The number of nitrogens with zero attached hydrogens (tertiary/aromatic N) is 1. The molecule has 0 spiro atoms. The lowest BCUT2D eigenvalue weighted by Crippen LogP contribution is -2.42. The smallest absolute Gasteiger partial charge is 0.257 e. The third-order valence-electron chi connectivity index (χ3n) is 3.90. The first-order valence-corrected chi connectivity index (χ1v) is 7.23. The molecule has 1 unspecified atom stereocenters. The van der Waals surface area contributed by atoms with Crippen molar-refractivity contribution in [3.05, 3.63) is 41.7 Å². The summed E-state index contributed by atoms with van der Waals surface area (Å²) in [5, 5.41) is 7.05. The highest BCUT2D eigenvalue weighted by atomic mass is 16.5. The SMILES string of the molecule is Cc1onc(-c2ccccc2)c1C(=O)NC(CN)C1CC1. The van der Waals surface area contributed by atoms with E-state index < -0.39 is 0 Å². The summed E-state index contributed by atoms with van der Waals surface area (Å²) in [5.41, 5.74) is 7.70. The molecule has 3 rings (SSSR count). The normalized spacial score (nSPS) is 15.7. The molecule has 1 atom stereocenters. The Bertz CT molecular complexity index is 632. The average Bonchev–Trinajstić information content (AvgIpc) is 3.27. The Morgan fingerprint density at radius 1 is 1.43 bits per heavy atom. The summed E-state index contributed by atoms with van der Waals surface area (Å²) in [6.07, 6.45) is 2.27. The molecule has 1 saturated carbocycles. The Morgan fingerprint density at radius 2 is 2.14 bits per heavy atom. The molecule has 1 amide bonds. The number of benzene rings is 1. The zero-order valence-corrected chi connectivity index (χ0v) is 12.0. The van der Waals surface area contributed by atoms with Gasteiger partial charge in [0, 0.05) is 18.2 Å². The fourth-order valence-corrected chi connectivity index (χ4v) is 2.54. The summed E-state index contributed by atoms with van der Waals surface area (Å²) >= 11 is 0. The number of nitrogens with two attached hydrogens (primary N) is 1. The summed E-state index contributed by atoms with van der Waals surface area (Å²) in [6.45, 7) is 2.21. The van der Waals surface area contributed by atoms with Gasteiger partial charge in [0.25, 0.3) is 5.91 Å². The quantitative estimate of drug-likeness (QED) is 0.881. The zero-order chi connectivity index (χ0) is 14.8. The number of carbonyl (C=O) groups excluding carboxylic acids is 1. The minimum absolute atomic E-state index is 0.0374. The first kappa shape index (κ1) is 13.8. The van der Waals surface area contributed by atoms with Crippen LogP contribution in [0.25, 0.3) is 11.3 Å². The summed E-state index contributed by atoms with van der Waals surface area (Å²) in [4.78, 5) is 12.6. The van der Waals surface area contributed by atoms with Gasteiger partial charge in [0.15, 0.2) is 0 Å². The molecular formula is C16H19N3O2. The minimum Gasteiger partial charge on any atom is -0.360 e. The van der Waals surface area contributed by atoms with Crippen molar-refractivity contribution in [2.24, 2.45) is 11.7 Å². The molecule has 110 valence electrons. The van der Waals surface area contributed by atoms with Gasteiger partial charge in [-0.25, -0.2) is 0 Å². The summed E-state index contributed by atoms with van der Waals surface area (Å²) in [7, 11) is 0. The number of hydrogen-bond donors (Lipinski definition) is 2. The number of nitrogens with one attached hydrogen (secondary N) is 1. The molecule has 3 N–H and O–H groups in total. The maximum absolute atomic E-state index is 12.6. The van der Waals surface area contributed by atoms with E-state index in [1.165, 1.54) is 0 Å². The van der Waals surface area contributed by atoms with E-state index in [-0.39, 0.29) is 11.9 Å². The second kappa shape index (κ2) is 5.69.